The molecule has 7 heteroatoms. The van der Waals surface area contributed by atoms with Crippen LogP contribution in [0.15, 0.2) is 69.2 Å². The minimum Gasteiger partial charge on any atom is -0.355 e. The predicted molar refractivity (Wildman–Crippen MR) is 117 cm³/mol. The Balaban J connectivity index is 2.11. The molecule has 0 bridgehead atoms. The lowest BCUT2D eigenvalue weighted by molar-refractivity contribution is -0.121. The Morgan fingerprint density at radius 1 is 1.07 bits per heavy atom. The molecular formula is C23H26N2O4S. The molecule has 0 unspecified atom stereocenters. The zero-order valence-electron chi connectivity index (χ0n) is 17.4. The number of pyridine rings is 1. The molecule has 1 aromatic heterocycles. The van der Waals surface area contributed by atoms with Crippen molar-refractivity contribution in [2.24, 2.45) is 5.92 Å². The Hall–Kier alpha value is -2.93. The number of hydrogen-bond acceptors (Lipinski definition) is 4. The van der Waals surface area contributed by atoms with Crippen molar-refractivity contribution in [3.8, 4) is 0 Å². The van der Waals surface area contributed by atoms with Crippen molar-refractivity contribution >= 4 is 26.6 Å². The maximum Gasteiger partial charge on any atom is 0.270 e. The van der Waals surface area contributed by atoms with Crippen LogP contribution in [0, 0.1) is 12.8 Å². The Bertz CT molecular complexity index is 1230. The van der Waals surface area contributed by atoms with Crippen molar-refractivity contribution in [3.63, 3.8) is 0 Å². The molecule has 0 fully saturated rings. The first-order valence-electron chi connectivity index (χ1n) is 9.91. The number of nitrogens with zero attached hydrogens (tertiary/aromatic N) is 1. The van der Waals surface area contributed by atoms with Crippen LogP contribution in [0.3, 0.4) is 0 Å². The van der Waals surface area contributed by atoms with Crippen LogP contribution in [0.1, 0.15) is 25.8 Å². The molecule has 0 aliphatic carbocycles. The molecule has 158 valence electrons. The summed E-state index contributed by atoms with van der Waals surface area (Å²) in [5, 5.41) is 3.40. The predicted octanol–water partition coefficient (Wildman–Crippen LogP) is 3.31. The number of aryl methyl sites for hydroxylation is 1. The topological polar surface area (TPSA) is 85.2 Å². The second-order valence-electron chi connectivity index (χ2n) is 7.81. The minimum absolute atomic E-state index is 0.0436. The van der Waals surface area contributed by atoms with Gasteiger partial charge in [0.15, 0.2) is 0 Å². The number of hydrogen-bond donors (Lipinski definition) is 1. The van der Waals surface area contributed by atoms with Crippen LogP contribution >= 0.6 is 0 Å². The van der Waals surface area contributed by atoms with Crippen molar-refractivity contribution in [3.05, 3.63) is 70.5 Å². The number of carbonyl (C=O) groups excluding carboxylic acids is 1. The smallest absolute Gasteiger partial charge is 0.270 e. The van der Waals surface area contributed by atoms with Crippen molar-refractivity contribution < 1.29 is 13.2 Å². The van der Waals surface area contributed by atoms with E-state index in [2.05, 4.69) is 19.2 Å². The summed E-state index contributed by atoms with van der Waals surface area (Å²) in [7, 11) is -4.03. The molecule has 3 aromatic rings. The highest BCUT2D eigenvalue weighted by molar-refractivity contribution is 7.91. The van der Waals surface area contributed by atoms with Gasteiger partial charge < -0.3 is 5.32 Å². The molecule has 0 atom stereocenters. The van der Waals surface area contributed by atoms with Crippen LogP contribution in [-0.4, -0.2) is 25.4 Å². The van der Waals surface area contributed by atoms with Crippen LogP contribution in [0.25, 0.3) is 10.9 Å². The summed E-state index contributed by atoms with van der Waals surface area (Å²) < 4.78 is 27.6. The van der Waals surface area contributed by atoms with Crippen LogP contribution < -0.4 is 10.9 Å². The van der Waals surface area contributed by atoms with Gasteiger partial charge in [0.1, 0.15) is 11.4 Å². The van der Waals surface area contributed by atoms with Gasteiger partial charge in [-0.15, -0.1) is 0 Å². The zero-order valence-corrected chi connectivity index (χ0v) is 18.2. The molecule has 0 saturated heterocycles. The Morgan fingerprint density at radius 3 is 2.43 bits per heavy atom. The van der Waals surface area contributed by atoms with E-state index in [1.165, 1.54) is 22.8 Å². The molecule has 1 N–H and O–H groups in total. The average Bonchev–Trinajstić information content (AvgIpc) is 2.70. The summed E-state index contributed by atoms with van der Waals surface area (Å²) in [6.07, 6.45) is 0.822. The first-order chi connectivity index (χ1) is 14.2. The van der Waals surface area contributed by atoms with Gasteiger partial charge in [-0.05, 0) is 49.6 Å². The number of sulfone groups is 1. The first-order valence-corrected chi connectivity index (χ1v) is 11.4. The van der Waals surface area contributed by atoms with Gasteiger partial charge in [-0.25, -0.2) is 8.42 Å². The fraction of sp³-hybridized carbons (Fsp3) is 0.304. The first kappa shape index (κ1) is 21.8. The SMILES string of the molecule is Cc1ccc2c(c1)cc(S(=O)(=O)c1ccccc1)c(=O)n2CC(=O)NCCC(C)C. The largest absolute Gasteiger partial charge is 0.355 e. The maximum atomic E-state index is 13.2. The van der Waals surface area contributed by atoms with Gasteiger partial charge in [-0.2, -0.15) is 0 Å². The third kappa shape index (κ3) is 4.62. The zero-order chi connectivity index (χ0) is 21.9. The Morgan fingerprint density at radius 2 is 1.77 bits per heavy atom. The third-order valence-electron chi connectivity index (χ3n) is 4.90. The van der Waals surface area contributed by atoms with E-state index < -0.39 is 15.4 Å². The monoisotopic (exact) mass is 426 g/mol. The van der Waals surface area contributed by atoms with Gasteiger partial charge in [0.25, 0.3) is 5.56 Å². The lowest BCUT2D eigenvalue weighted by Gasteiger charge is -2.14. The minimum atomic E-state index is -4.03. The number of carbonyl (C=O) groups is 1. The summed E-state index contributed by atoms with van der Waals surface area (Å²) in [4.78, 5) is 25.4. The summed E-state index contributed by atoms with van der Waals surface area (Å²) >= 11 is 0. The number of fused-ring (bicyclic) bond motifs is 1. The molecule has 0 aliphatic heterocycles. The fourth-order valence-electron chi connectivity index (χ4n) is 3.26. The molecule has 0 saturated carbocycles. The van der Waals surface area contributed by atoms with E-state index in [-0.39, 0.29) is 22.2 Å². The quantitative estimate of drug-likeness (QED) is 0.628. The molecule has 30 heavy (non-hydrogen) atoms. The van der Waals surface area contributed by atoms with Gasteiger partial charge in [0.05, 0.1) is 10.4 Å². The standard InChI is InChI=1S/C23H26N2O4S/c1-16(2)11-12-24-22(26)15-25-20-10-9-17(3)13-18(20)14-21(23(25)27)30(28,29)19-7-5-4-6-8-19/h4-10,13-14,16H,11-12,15H2,1-3H3,(H,24,26). The highest BCUT2D eigenvalue weighted by Gasteiger charge is 2.24. The second kappa shape index (κ2) is 8.83. The van der Waals surface area contributed by atoms with E-state index in [1.807, 2.05) is 19.1 Å². The molecule has 0 aliphatic rings. The molecule has 2 aromatic carbocycles. The summed E-state index contributed by atoms with van der Waals surface area (Å²) in [5.41, 5.74) is 0.753. The summed E-state index contributed by atoms with van der Waals surface area (Å²) in [6.45, 7) is 6.27. The van der Waals surface area contributed by atoms with E-state index in [1.54, 1.807) is 24.3 Å². The number of rotatable bonds is 7. The number of aromatic nitrogens is 1. The third-order valence-corrected chi connectivity index (χ3v) is 6.67. The van der Waals surface area contributed by atoms with Crippen molar-refractivity contribution in [2.75, 3.05) is 6.54 Å². The van der Waals surface area contributed by atoms with Crippen LogP contribution in [0.4, 0.5) is 0 Å². The highest BCUT2D eigenvalue weighted by atomic mass is 32.2. The van der Waals surface area contributed by atoms with Crippen molar-refractivity contribution in [1.82, 2.24) is 9.88 Å². The number of nitrogens with one attached hydrogen (secondary N) is 1. The van der Waals surface area contributed by atoms with E-state index in [9.17, 15) is 18.0 Å². The lowest BCUT2D eigenvalue weighted by Crippen LogP contribution is -2.35. The Kier molecular flexibility index (Phi) is 6.41. The highest BCUT2D eigenvalue weighted by Crippen LogP contribution is 2.22. The number of benzene rings is 2. The molecule has 1 amide bonds. The molecule has 3 rings (SSSR count). The van der Waals surface area contributed by atoms with Gasteiger partial charge >= 0.3 is 0 Å². The molecule has 0 spiro atoms. The van der Waals surface area contributed by atoms with Gasteiger partial charge in [-0.1, -0.05) is 43.7 Å². The van der Waals surface area contributed by atoms with Crippen LogP contribution in [-0.2, 0) is 21.2 Å². The van der Waals surface area contributed by atoms with Gasteiger partial charge in [0, 0.05) is 11.9 Å². The molecule has 6 nitrogen and oxygen atoms in total. The molecule has 0 radical (unpaired) electrons. The normalized spacial score (nSPS) is 11.7. The van der Waals surface area contributed by atoms with E-state index in [0.717, 1.165) is 12.0 Å². The molecule has 1 heterocycles. The number of amides is 1. The van der Waals surface area contributed by atoms with Crippen LogP contribution in [0.5, 0.6) is 0 Å². The van der Waals surface area contributed by atoms with Crippen molar-refractivity contribution in [2.45, 2.75) is 43.5 Å². The Labute approximate surface area is 176 Å². The van der Waals surface area contributed by atoms with Gasteiger partial charge in [-0.3, -0.25) is 14.2 Å². The lowest BCUT2D eigenvalue weighted by atomic mass is 10.1. The van der Waals surface area contributed by atoms with E-state index in [4.69, 9.17) is 0 Å². The van der Waals surface area contributed by atoms with Gasteiger partial charge in [0.2, 0.25) is 15.7 Å². The average molecular weight is 427 g/mol. The second-order valence-corrected chi connectivity index (χ2v) is 9.73. The van der Waals surface area contributed by atoms with Crippen LogP contribution in [0.2, 0.25) is 0 Å². The summed E-state index contributed by atoms with van der Waals surface area (Å²) in [5.74, 6) is 0.116. The fourth-order valence-corrected chi connectivity index (χ4v) is 4.65. The van der Waals surface area contributed by atoms with E-state index in [0.29, 0.717) is 23.4 Å². The maximum absolute atomic E-state index is 13.2. The summed E-state index contributed by atoms with van der Waals surface area (Å²) in [6, 6.07) is 14.6. The molecular weight excluding hydrogens is 400 g/mol. The van der Waals surface area contributed by atoms with E-state index >= 15 is 0 Å². The van der Waals surface area contributed by atoms with Crippen molar-refractivity contribution in [1.29, 1.82) is 0 Å².